The first-order chi connectivity index (χ1) is 22.5. The van der Waals surface area contributed by atoms with Gasteiger partial charge in [0.15, 0.2) is 0 Å². The number of hydrogen-bond donors (Lipinski definition) is 1. The Morgan fingerprint density at radius 2 is 1.33 bits per heavy atom. The molecule has 0 spiro atoms. The topological polar surface area (TPSA) is 99.6 Å². The fraction of sp³-hybridized carbons (Fsp3) is 0.162. The molecule has 0 fully saturated rings. The number of nitrogens with zero attached hydrogens (tertiary/aromatic N) is 1. The summed E-state index contributed by atoms with van der Waals surface area (Å²) in [6.45, 7) is -0.000875. The van der Waals surface area contributed by atoms with E-state index in [9.17, 15) is 14.4 Å². The molecule has 9 heteroatoms. The summed E-state index contributed by atoms with van der Waals surface area (Å²) in [6, 6.07) is 41.0. The van der Waals surface area contributed by atoms with E-state index >= 15 is 0 Å². The Balaban J connectivity index is 1.55. The molecule has 5 rings (SSSR count). The van der Waals surface area contributed by atoms with Gasteiger partial charge in [0.1, 0.15) is 0 Å². The van der Waals surface area contributed by atoms with E-state index in [1.165, 1.54) is 30.0 Å². The molecule has 46 heavy (non-hydrogen) atoms. The number of nitrogens with one attached hydrogen (secondary N) is 1. The molecule has 2 atom stereocenters. The first-order valence-corrected chi connectivity index (χ1v) is 16.8. The summed E-state index contributed by atoms with van der Waals surface area (Å²) in [6.07, 6.45) is 2.72. The minimum absolute atomic E-state index is 0.000875. The number of rotatable bonds is 14. The number of hydrogen-bond acceptors (Lipinski definition) is 6. The fourth-order valence-corrected chi connectivity index (χ4v) is 7.03. The van der Waals surface area contributed by atoms with Crippen molar-refractivity contribution >= 4 is 25.4 Å². The van der Waals surface area contributed by atoms with Crippen LogP contribution in [0.25, 0.3) is 0 Å². The number of methoxy groups -OCH3 is 1. The van der Waals surface area contributed by atoms with Crippen molar-refractivity contribution in [1.82, 2.24) is 9.55 Å². The minimum atomic E-state index is -1.04. The summed E-state index contributed by atoms with van der Waals surface area (Å²) >= 11 is -0.0825. The molecule has 0 aliphatic heterocycles. The van der Waals surface area contributed by atoms with E-state index in [2.05, 4.69) is 4.98 Å². The van der Waals surface area contributed by atoms with E-state index in [1.807, 2.05) is 121 Å². The van der Waals surface area contributed by atoms with Gasteiger partial charge in [-0.15, -0.1) is 0 Å². The Morgan fingerprint density at radius 3 is 1.83 bits per heavy atom. The predicted molar refractivity (Wildman–Crippen MR) is 178 cm³/mol. The summed E-state index contributed by atoms with van der Waals surface area (Å²) in [5.74, 6) is -0.555. The molecule has 0 aliphatic carbocycles. The van der Waals surface area contributed by atoms with Crippen molar-refractivity contribution in [1.29, 1.82) is 0 Å². The molecule has 5 aromatic rings. The van der Waals surface area contributed by atoms with Gasteiger partial charge in [0.2, 0.25) is 0 Å². The fourth-order valence-electron chi connectivity index (χ4n) is 5.10. The average Bonchev–Trinajstić information content (AvgIpc) is 3.11. The van der Waals surface area contributed by atoms with Gasteiger partial charge in [-0.2, -0.15) is 0 Å². The maximum atomic E-state index is 13.0. The number of aromatic amines is 1. The van der Waals surface area contributed by atoms with Gasteiger partial charge < -0.3 is 0 Å². The van der Waals surface area contributed by atoms with Crippen LogP contribution in [0.15, 0.2) is 155 Å². The van der Waals surface area contributed by atoms with Gasteiger partial charge >= 0.3 is 274 Å². The molecule has 0 bridgehead atoms. The van der Waals surface area contributed by atoms with Gasteiger partial charge in [0.05, 0.1) is 0 Å². The molecule has 4 aromatic carbocycles. The predicted octanol–water partition coefficient (Wildman–Crippen LogP) is 4.61. The van der Waals surface area contributed by atoms with Crippen molar-refractivity contribution in [2.24, 2.45) is 0 Å². The Morgan fingerprint density at radius 1 is 0.804 bits per heavy atom. The van der Waals surface area contributed by atoms with Gasteiger partial charge in [-0.3, -0.25) is 0 Å². The van der Waals surface area contributed by atoms with Gasteiger partial charge in [-0.05, 0) is 0 Å². The summed E-state index contributed by atoms with van der Waals surface area (Å²) in [7, 11) is 1.30. The molecule has 1 heterocycles. The molecule has 0 saturated carbocycles. The Bertz CT molecular complexity index is 1730. The first kappa shape index (κ1) is 32.6. The third-order valence-electron chi connectivity index (χ3n) is 7.28. The molecule has 0 unspecified atom stereocenters. The van der Waals surface area contributed by atoms with E-state index < -0.39 is 35.2 Å². The van der Waals surface area contributed by atoms with E-state index in [-0.39, 0.29) is 21.6 Å². The molecule has 0 radical (unpaired) electrons. The second-order valence-electron chi connectivity index (χ2n) is 10.2. The second-order valence-corrected chi connectivity index (χ2v) is 12.5. The van der Waals surface area contributed by atoms with E-state index in [1.54, 1.807) is 6.08 Å². The van der Waals surface area contributed by atoms with Crippen molar-refractivity contribution in [3.8, 4) is 0 Å². The van der Waals surface area contributed by atoms with Crippen molar-refractivity contribution in [2.45, 2.75) is 23.3 Å². The summed E-state index contributed by atoms with van der Waals surface area (Å²) in [5.41, 5.74) is 0.585. The summed E-state index contributed by atoms with van der Waals surface area (Å²) < 4.78 is 21.0. The van der Waals surface area contributed by atoms with Gasteiger partial charge in [0, 0.05) is 0 Å². The summed E-state index contributed by atoms with van der Waals surface area (Å²) in [4.78, 5) is 39.4. The zero-order chi connectivity index (χ0) is 32.2. The van der Waals surface area contributed by atoms with Gasteiger partial charge in [-0.1, -0.05) is 0 Å². The Hall–Kier alpha value is -4.79. The van der Waals surface area contributed by atoms with E-state index in [0.717, 1.165) is 21.2 Å². The van der Waals surface area contributed by atoms with Crippen LogP contribution in [0.1, 0.15) is 22.9 Å². The number of ether oxygens (including phenoxy) is 3. The summed E-state index contributed by atoms with van der Waals surface area (Å²) in [5, 5.41) is 0.465. The molecule has 0 saturated heterocycles. The average molecular weight is 682 g/mol. The van der Waals surface area contributed by atoms with Crippen LogP contribution in [0, 0.1) is 0 Å². The number of carbonyl (C=O) groups is 1. The van der Waals surface area contributed by atoms with Crippen LogP contribution in [0.3, 0.4) is 0 Å². The number of carbonyl (C=O) groups excluding carboxylic acids is 1. The SMILES string of the molecule is COC(=O)/C=C/[C@H](COC(c1ccccc1)(c1ccccc1)c1ccccc1)O[C@H](C[Se]c1ccccc1)n1ccc(=O)[nH]c1=O. The normalized spacial score (nSPS) is 12.9. The number of esters is 1. The van der Waals surface area contributed by atoms with E-state index in [0.29, 0.717) is 5.32 Å². The van der Waals surface area contributed by atoms with Crippen molar-refractivity contribution < 1.29 is 19.0 Å². The van der Waals surface area contributed by atoms with Crippen molar-refractivity contribution in [2.75, 3.05) is 13.7 Å². The van der Waals surface area contributed by atoms with E-state index in [4.69, 9.17) is 14.2 Å². The van der Waals surface area contributed by atoms with Crippen LogP contribution in [-0.4, -0.2) is 50.3 Å². The van der Waals surface area contributed by atoms with Crippen LogP contribution < -0.4 is 15.7 Å². The number of aromatic nitrogens is 2. The molecule has 1 aromatic heterocycles. The van der Waals surface area contributed by atoms with Crippen molar-refractivity contribution in [3.63, 3.8) is 0 Å². The standard InChI is InChI=1S/C37H34N2O6Se/c1-43-35(41)23-22-31(45-34(27-46-32-20-12-5-13-21-32)39-25-24-33(40)38-36(39)42)26-44-37(28-14-6-2-7-15-28,29-16-8-3-9-17-29)30-18-10-4-11-19-30/h2-25,31,34H,26-27H2,1H3,(H,38,40,42)/b23-22+/t31-,34-/m1/s1. The Labute approximate surface area is 273 Å². The van der Waals surface area contributed by atoms with Gasteiger partial charge in [-0.25, -0.2) is 0 Å². The molecular weight excluding hydrogens is 647 g/mol. The Kier molecular flexibility index (Phi) is 11.3. The first-order valence-electron chi connectivity index (χ1n) is 14.7. The zero-order valence-electron chi connectivity index (χ0n) is 25.2. The van der Waals surface area contributed by atoms with Crippen molar-refractivity contribution in [3.05, 3.63) is 183 Å². The second kappa shape index (κ2) is 16.0. The van der Waals surface area contributed by atoms with Crippen LogP contribution >= 0.6 is 0 Å². The molecule has 8 nitrogen and oxygen atoms in total. The quantitative estimate of drug-likeness (QED) is 0.0797. The maximum absolute atomic E-state index is 13.0. The van der Waals surface area contributed by atoms with Crippen LogP contribution in [0.4, 0.5) is 0 Å². The van der Waals surface area contributed by atoms with Crippen LogP contribution in [-0.2, 0) is 24.6 Å². The molecule has 1 N–H and O–H groups in total. The van der Waals surface area contributed by atoms with Crippen LogP contribution in [0.5, 0.6) is 0 Å². The van der Waals surface area contributed by atoms with Gasteiger partial charge in [0.25, 0.3) is 0 Å². The van der Waals surface area contributed by atoms with Crippen LogP contribution in [0.2, 0.25) is 5.32 Å². The molecule has 234 valence electrons. The third kappa shape index (κ3) is 8.07. The third-order valence-corrected chi connectivity index (χ3v) is 9.50. The molecular formula is C37H34N2O6Se. The monoisotopic (exact) mass is 682 g/mol. The number of benzene rings is 4. The molecule has 0 amide bonds. The molecule has 0 aliphatic rings. The zero-order valence-corrected chi connectivity index (χ0v) is 26.9. The number of H-pyrrole nitrogens is 1.